The van der Waals surface area contributed by atoms with Crippen molar-refractivity contribution in [1.82, 2.24) is 14.3 Å². The van der Waals surface area contributed by atoms with E-state index in [1.54, 1.807) is 0 Å². The van der Waals surface area contributed by atoms with Crippen molar-refractivity contribution in [3.05, 3.63) is 41.7 Å². The first-order chi connectivity index (χ1) is 10.7. The Bertz CT molecular complexity index is 628. The number of nitrogens with one attached hydrogen (secondary N) is 1. The fourth-order valence-electron chi connectivity index (χ4n) is 2.72. The molecular formula is C16H20N4OS. The summed E-state index contributed by atoms with van der Waals surface area (Å²) < 4.78 is 4.13. The predicted molar refractivity (Wildman–Crippen MR) is 88.0 cm³/mol. The molecule has 1 atom stereocenters. The van der Waals surface area contributed by atoms with Gasteiger partial charge in [-0.3, -0.25) is 4.79 Å². The number of carbonyl (C=O) groups excluding carboxylic acids is 1. The van der Waals surface area contributed by atoms with Crippen molar-refractivity contribution in [1.29, 1.82) is 0 Å². The number of carbonyl (C=O) groups is 1. The monoisotopic (exact) mass is 316 g/mol. The van der Waals surface area contributed by atoms with Crippen molar-refractivity contribution in [2.24, 2.45) is 0 Å². The molecule has 3 rings (SSSR count). The van der Waals surface area contributed by atoms with Crippen molar-refractivity contribution in [3.63, 3.8) is 0 Å². The van der Waals surface area contributed by atoms with E-state index in [1.807, 2.05) is 17.9 Å². The van der Waals surface area contributed by atoms with E-state index in [4.69, 9.17) is 0 Å². The summed E-state index contributed by atoms with van der Waals surface area (Å²) in [6.07, 6.45) is 2.85. The Hall–Kier alpha value is -1.95. The van der Waals surface area contributed by atoms with Gasteiger partial charge in [0.1, 0.15) is 11.9 Å². The molecule has 1 N–H and O–H groups in total. The molecule has 1 saturated heterocycles. The lowest BCUT2D eigenvalue weighted by molar-refractivity contribution is -0.128. The SMILES string of the molecule is Cc1nsc(NC2CCN(CCCc3ccccc3)C2=O)n1. The lowest BCUT2D eigenvalue weighted by atomic mass is 10.1. The van der Waals surface area contributed by atoms with E-state index in [9.17, 15) is 4.79 Å². The van der Waals surface area contributed by atoms with Crippen LogP contribution in [-0.4, -0.2) is 39.3 Å². The third-order valence-electron chi connectivity index (χ3n) is 3.86. The Morgan fingerprint density at radius 1 is 1.36 bits per heavy atom. The van der Waals surface area contributed by atoms with Gasteiger partial charge in [0.15, 0.2) is 0 Å². The van der Waals surface area contributed by atoms with E-state index >= 15 is 0 Å². The second-order valence-corrected chi connectivity index (χ2v) is 6.30. The highest BCUT2D eigenvalue weighted by Crippen LogP contribution is 2.19. The lowest BCUT2D eigenvalue weighted by Crippen LogP contribution is -2.34. The van der Waals surface area contributed by atoms with Crippen LogP contribution in [0.25, 0.3) is 0 Å². The Morgan fingerprint density at radius 2 is 2.18 bits per heavy atom. The minimum atomic E-state index is -0.149. The van der Waals surface area contributed by atoms with Gasteiger partial charge in [-0.15, -0.1) is 0 Å². The van der Waals surface area contributed by atoms with Gasteiger partial charge in [0.05, 0.1) is 0 Å². The van der Waals surface area contributed by atoms with Gasteiger partial charge in [-0.25, -0.2) is 4.98 Å². The van der Waals surface area contributed by atoms with Crippen molar-refractivity contribution in [2.75, 3.05) is 18.4 Å². The third kappa shape index (κ3) is 3.62. The molecule has 2 heterocycles. The zero-order valence-electron chi connectivity index (χ0n) is 12.7. The first-order valence-electron chi connectivity index (χ1n) is 7.62. The number of hydrogen-bond donors (Lipinski definition) is 1. The van der Waals surface area contributed by atoms with Gasteiger partial charge in [0.25, 0.3) is 0 Å². The summed E-state index contributed by atoms with van der Waals surface area (Å²) in [5.41, 5.74) is 1.33. The van der Waals surface area contributed by atoms with Gasteiger partial charge in [0.2, 0.25) is 11.0 Å². The quantitative estimate of drug-likeness (QED) is 0.889. The molecule has 2 aromatic rings. The molecular weight excluding hydrogens is 296 g/mol. The topological polar surface area (TPSA) is 58.1 Å². The summed E-state index contributed by atoms with van der Waals surface area (Å²) in [5, 5.41) is 3.94. The summed E-state index contributed by atoms with van der Waals surface area (Å²) in [7, 11) is 0. The molecule has 0 spiro atoms. The van der Waals surface area contributed by atoms with E-state index in [0.717, 1.165) is 43.3 Å². The molecule has 1 amide bonds. The maximum absolute atomic E-state index is 12.4. The third-order valence-corrected chi connectivity index (χ3v) is 4.60. The zero-order chi connectivity index (χ0) is 15.4. The van der Waals surface area contributed by atoms with Crippen LogP contribution in [-0.2, 0) is 11.2 Å². The highest BCUT2D eigenvalue weighted by atomic mass is 32.1. The molecule has 0 saturated carbocycles. The van der Waals surface area contributed by atoms with E-state index in [2.05, 4.69) is 38.9 Å². The summed E-state index contributed by atoms with van der Waals surface area (Å²) >= 11 is 1.31. The van der Waals surface area contributed by atoms with E-state index in [0.29, 0.717) is 0 Å². The summed E-state index contributed by atoms with van der Waals surface area (Å²) in [5.74, 6) is 0.929. The van der Waals surface area contributed by atoms with Crippen LogP contribution in [0.2, 0.25) is 0 Å². The number of amides is 1. The van der Waals surface area contributed by atoms with Crippen molar-refractivity contribution in [3.8, 4) is 0 Å². The predicted octanol–water partition coefficient (Wildman–Crippen LogP) is 2.49. The van der Waals surface area contributed by atoms with Gasteiger partial charge in [-0.2, -0.15) is 4.37 Å². The number of nitrogens with zero attached hydrogens (tertiary/aromatic N) is 3. The van der Waals surface area contributed by atoms with E-state index < -0.39 is 0 Å². The Labute approximate surface area is 134 Å². The van der Waals surface area contributed by atoms with Crippen molar-refractivity contribution in [2.45, 2.75) is 32.2 Å². The summed E-state index contributed by atoms with van der Waals surface area (Å²) in [6, 6.07) is 10.3. The lowest BCUT2D eigenvalue weighted by Gasteiger charge is -2.16. The van der Waals surface area contributed by atoms with Crippen molar-refractivity contribution < 1.29 is 4.79 Å². The van der Waals surface area contributed by atoms with Crippen LogP contribution in [0.5, 0.6) is 0 Å². The molecule has 116 valence electrons. The standard InChI is InChI=1S/C16H20N4OS/c1-12-17-16(22-19-12)18-14-9-11-20(15(14)21)10-5-8-13-6-3-2-4-7-13/h2-4,6-7,14H,5,8-11H2,1H3,(H,17,18,19). The molecule has 6 heteroatoms. The number of likely N-dealkylation sites (tertiary alicyclic amines) is 1. The Balaban J connectivity index is 1.46. The minimum absolute atomic E-state index is 0.149. The van der Waals surface area contributed by atoms with Gasteiger partial charge < -0.3 is 10.2 Å². The van der Waals surface area contributed by atoms with Crippen LogP contribution in [0, 0.1) is 6.92 Å². The van der Waals surface area contributed by atoms with Gasteiger partial charge in [-0.1, -0.05) is 30.3 Å². The number of benzene rings is 1. The summed E-state index contributed by atoms with van der Waals surface area (Å²) in [4.78, 5) is 18.6. The fraction of sp³-hybridized carbons (Fsp3) is 0.438. The normalized spacial score (nSPS) is 18.0. The molecule has 1 aliphatic rings. The number of aryl methyl sites for hydroxylation is 2. The molecule has 1 aromatic carbocycles. The number of hydrogen-bond acceptors (Lipinski definition) is 5. The highest BCUT2D eigenvalue weighted by molar-refractivity contribution is 7.09. The summed E-state index contributed by atoms with van der Waals surface area (Å²) in [6.45, 7) is 3.50. The van der Waals surface area contributed by atoms with Crippen LogP contribution >= 0.6 is 11.5 Å². The smallest absolute Gasteiger partial charge is 0.245 e. The molecule has 1 unspecified atom stereocenters. The second-order valence-electron chi connectivity index (χ2n) is 5.55. The minimum Gasteiger partial charge on any atom is -0.348 e. The highest BCUT2D eigenvalue weighted by Gasteiger charge is 2.31. The first-order valence-corrected chi connectivity index (χ1v) is 8.39. The Kier molecular flexibility index (Phi) is 4.68. The number of rotatable bonds is 6. The maximum atomic E-state index is 12.4. The molecule has 22 heavy (non-hydrogen) atoms. The van der Waals surface area contributed by atoms with Crippen LogP contribution in [0.1, 0.15) is 24.2 Å². The molecule has 1 aromatic heterocycles. The van der Waals surface area contributed by atoms with E-state index in [-0.39, 0.29) is 11.9 Å². The molecule has 1 fully saturated rings. The molecule has 5 nitrogen and oxygen atoms in total. The Morgan fingerprint density at radius 3 is 2.91 bits per heavy atom. The molecule has 1 aliphatic heterocycles. The van der Waals surface area contributed by atoms with Crippen LogP contribution in [0.3, 0.4) is 0 Å². The average Bonchev–Trinajstić information content (AvgIpc) is 3.09. The van der Waals surface area contributed by atoms with E-state index in [1.165, 1.54) is 17.1 Å². The first kappa shape index (κ1) is 15.0. The maximum Gasteiger partial charge on any atom is 0.245 e. The van der Waals surface area contributed by atoms with Crippen LogP contribution in [0.4, 0.5) is 5.13 Å². The second kappa shape index (κ2) is 6.87. The van der Waals surface area contributed by atoms with Gasteiger partial charge >= 0.3 is 0 Å². The number of aromatic nitrogens is 2. The molecule has 0 aliphatic carbocycles. The van der Waals surface area contributed by atoms with Crippen LogP contribution < -0.4 is 5.32 Å². The fourth-order valence-corrected chi connectivity index (χ4v) is 3.35. The zero-order valence-corrected chi connectivity index (χ0v) is 13.5. The van der Waals surface area contributed by atoms with Crippen LogP contribution in [0.15, 0.2) is 30.3 Å². The van der Waals surface area contributed by atoms with Gasteiger partial charge in [0, 0.05) is 24.6 Å². The molecule has 0 bridgehead atoms. The average molecular weight is 316 g/mol. The largest absolute Gasteiger partial charge is 0.348 e. The van der Waals surface area contributed by atoms with Crippen molar-refractivity contribution >= 4 is 22.6 Å². The number of anilines is 1. The van der Waals surface area contributed by atoms with Gasteiger partial charge in [-0.05, 0) is 31.7 Å². The molecule has 0 radical (unpaired) electrons.